The van der Waals surface area contributed by atoms with Crippen LogP contribution in [0.3, 0.4) is 0 Å². The summed E-state index contributed by atoms with van der Waals surface area (Å²) >= 11 is 0. The van der Waals surface area contributed by atoms with Crippen LogP contribution >= 0.6 is 0 Å². The molecular weight excluding hydrogens is 252 g/mol. The average Bonchev–Trinajstić information content (AvgIpc) is 2.45. The van der Waals surface area contributed by atoms with E-state index in [4.69, 9.17) is 5.11 Å². The van der Waals surface area contributed by atoms with Crippen LogP contribution in [0.15, 0.2) is 12.1 Å². The lowest BCUT2D eigenvalue weighted by molar-refractivity contribution is 0.0695. The second kappa shape index (κ2) is 6.73. The van der Waals surface area contributed by atoms with E-state index in [2.05, 4.69) is 17.2 Å². The summed E-state index contributed by atoms with van der Waals surface area (Å²) in [6.07, 6.45) is 7.67. The van der Waals surface area contributed by atoms with Crippen LogP contribution in [0.2, 0.25) is 0 Å². The van der Waals surface area contributed by atoms with E-state index in [-0.39, 0.29) is 5.56 Å². The normalized spacial score (nSPS) is 17.7. The maximum Gasteiger partial charge on any atom is 0.337 e. The smallest absolute Gasteiger partial charge is 0.337 e. The van der Waals surface area contributed by atoms with Crippen molar-refractivity contribution in [2.45, 2.75) is 58.4 Å². The Bertz CT molecular complexity index is 468. The van der Waals surface area contributed by atoms with Crippen LogP contribution in [0.4, 0.5) is 5.82 Å². The summed E-state index contributed by atoms with van der Waals surface area (Å²) in [5.41, 5.74) is 0.849. The van der Waals surface area contributed by atoms with Crippen molar-refractivity contribution in [1.82, 2.24) is 4.98 Å². The maximum atomic E-state index is 11.0. The number of pyridine rings is 1. The molecule has 1 fully saturated rings. The summed E-state index contributed by atoms with van der Waals surface area (Å²) in [5.74, 6) is 0.598. The van der Waals surface area contributed by atoms with Gasteiger partial charge in [0.15, 0.2) is 0 Å². The Balaban J connectivity index is 2.07. The molecule has 0 saturated heterocycles. The first-order valence-corrected chi connectivity index (χ1v) is 7.59. The van der Waals surface area contributed by atoms with E-state index in [1.54, 1.807) is 19.1 Å². The molecule has 20 heavy (non-hydrogen) atoms. The zero-order chi connectivity index (χ0) is 14.5. The van der Waals surface area contributed by atoms with E-state index in [9.17, 15) is 4.79 Å². The first kappa shape index (κ1) is 14.8. The lowest BCUT2D eigenvalue weighted by Gasteiger charge is -2.30. The van der Waals surface area contributed by atoms with Gasteiger partial charge in [-0.2, -0.15) is 0 Å². The largest absolute Gasteiger partial charge is 0.478 e. The molecule has 0 amide bonds. The Morgan fingerprint density at radius 2 is 2.10 bits per heavy atom. The minimum Gasteiger partial charge on any atom is -0.478 e. The Labute approximate surface area is 120 Å². The monoisotopic (exact) mass is 276 g/mol. The zero-order valence-corrected chi connectivity index (χ0v) is 12.4. The fraction of sp³-hybridized carbons (Fsp3) is 0.625. The SMILES string of the molecule is CCC(Nc1ccc(C(=O)O)c(C)n1)C1CCCCC1. The summed E-state index contributed by atoms with van der Waals surface area (Å²) in [4.78, 5) is 15.4. The number of hydrogen-bond acceptors (Lipinski definition) is 3. The number of aromatic carboxylic acids is 1. The van der Waals surface area contributed by atoms with Gasteiger partial charge in [-0.15, -0.1) is 0 Å². The zero-order valence-electron chi connectivity index (χ0n) is 12.4. The standard InChI is InChI=1S/C16H24N2O2/c1-3-14(12-7-5-4-6-8-12)18-15-10-9-13(16(19)20)11(2)17-15/h9-10,12,14H,3-8H2,1-2H3,(H,17,18)(H,19,20). The molecule has 2 rings (SSSR count). The predicted molar refractivity (Wildman–Crippen MR) is 80.2 cm³/mol. The number of nitrogens with zero attached hydrogens (tertiary/aromatic N) is 1. The first-order valence-electron chi connectivity index (χ1n) is 7.59. The number of aryl methyl sites for hydroxylation is 1. The molecule has 1 heterocycles. The molecule has 1 atom stereocenters. The van der Waals surface area contributed by atoms with Crippen molar-refractivity contribution in [3.05, 3.63) is 23.4 Å². The number of carbonyl (C=O) groups is 1. The van der Waals surface area contributed by atoms with Crippen LogP contribution in [0, 0.1) is 12.8 Å². The van der Waals surface area contributed by atoms with E-state index in [1.807, 2.05) is 0 Å². The molecule has 1 unspecified atom stereocenters. The van der Waals surface area contributed by atoms with Crippen molar-refractivity contribution in [2.75, 3.05) is 5.32 Å². The highest BCUT2D eigenvalue weighted by molar-refractivity contribution is 5.89. The molecule has 0 spiro atoms. The van der Waals surface area contributed by atoms with Crippen molar-refractivity contribution in [1.29, 1.82) is 0 Å². The highest BCUT2D eigenvalue weighted by Gasteiger charge is 2.22. The average molecular weight is 276 g/mol. The highest BCUT2D eigenvalue weighted by atomic mass is 16.4. The van der Waals surface area contributed by atoms with Gasteiger partial charge in [0, 0.05) is 6.04 Å². The van der Waals surface area contributed by atoms with Crippen LogP contribution < -0.4 is 5.32 Å². The van der Waals surface area contributed by atoms with Crippen molar-refractivity contribution in [3.63, 3.8) is 0 Å². The van der Waals surface area contributed by atoms with Gasteiger partial charge >= 0.3 is 5.97 Å². The molecule has 1 aliphatic carbocycles. The van der Waals surface area contributed by atoms with Gasteiger partial charge in [0.25, 0.3) is 0 Å². The quantitative estimate of drug-likeness (QED) is 0.857. The first-order chi connectivity index (χ1) is 9.61. The number of aromatic nitrogens is 1. The van der Waals surface area contributed by atoms with Gasteiger partial charge in [0.05, 0.1) is 11.3 Å². The van der Waals surface area contributed by atoms with Gasteiger partial charge in [-0.25, -0.2) is 9.78 Å². The fourth-order valence-electron chi connectivity index (χ4n) is 3.15. The summed E-state index contributed by atoms with van der Waals surface area (Å²) in [6, 6.07) is 3.86. The summed E-state index contributed by atoms with van der Waals surface area (Å²) in [7, 11) is 0. The molecule has 1 aromatic rings. The molecule has 1 aliphatic rings. The van der Waals surface area contributed by atoms with E-state index in [1.165, 1.54) is 32.1 Å². The summed E-state index contributed by atoms with van der Waals surface area (Å²) < 4.78 is 0. The third kappa shape index (κ3) is 3.50. The van der Waals surface area contributed by atoms with Crippen LogP contribution in [0.1, 0.15) is 61.5 Å². The van der Waals surface area contributed by atoms with Crippen molar-refractivity contribution >= 4 is 11.8 Å². The molecule has 0 aromatic carbocycles. The highest BCUT2D eigenvalue weighted by Crippen LogP contribution is 2.29. The number of hydrogen-bond donors (Lipinski definition) is 2. The van der Waals surface area contributed by atoms with Crippen LogP contribution in [-0.4, -0.2) is 22.1 Å². The van der Waals surface area contributed by atoms with Gasteiger partial charge in [-0.05, 0) is 44.2 Å². The Kier molecular flexibility index (Phi) is 4.99. The van der Waals surface area contributed by atoms with Gasteiger partial charge in [0.1, 0.15) is 5.82 Å². The molecule has 4 heteroatoms. The molecule has 1 saturated carbocycles. The molecule has 110 valence electrons. The van der Waals surface area contributed by atoms with Gasteiger partial charge in [-0.1, -0.05) is 26.2 Å². The Morgan fingerprint density at radius 1 is 1.40 bits per heavy atom. The second-order valence-electron chi connectivity index (χ2n) is 5.69. The lowest BCUT2D eigenvalue weighted by atomic mass is 9.83. The van der Waals surface area contributed by atoms with Crippen molar-refractivity contribution in [3.8, 4) is 0 Å². The number of carboxylic acid groups (broad SMARTS) is 1. The fourth-order valence-corrected chi connectivity index (χ4v) is 3.15. The van der Waals surface area contributed by atoms with E-state index < -0.39 is 5.97 Å². The summed E-state index contributed by atoms with van der Waals surface area (Å²) in [5, 5.41) is 12.5. The lowest BCUT2D eigenvalue weighted by Crippen LogP contribution is -2.30. The number of rotatable bonds is 5. The van der Waals surface area contributed by atoms with Crippen molar-refractivity contribution in [2.24, 2.45) is 5.92 Å². The third-order valence-corrected chi connectivity index (χ3v) is 4.31. The van der Waals surface area contributed by atoms with E-state index >= 15 is 0 Å². The van der Waals surface area contributed by atoms with E-state index in [0.29, 0.717) is 11.7 Å². The molecule has 1 aromatic heterocycles. The van der Waals surface area contributed by atoms with Crippen LogP contribution in [0.25, 0.3) is 0 Å². The molecule has 0 aliphatic heterocycles. The predicted octanol–water partition coefficient (Wildman–Crippen LogP) is 3.86. The van der Waals surface area contributed by atoms with Crippen LogP contribution in [0.5, 0.6) is 0 Å². The molecule has 4 nitrogen and oxygen atoms in total. The number of anilines is 1. The van der Waals surface area contributed by atoms with Gasteiger partial charge in [0.2, 0.25) is 0 Å². The molecule has 0 bridgehead atoms. The van der Waals surface area contributed by atoms with Crippen LogP contribution in [-0.2, 0) is 0 Å². The van der Waals surface area contributed by atoms with Crippen molar-refractivity contribution < 1.29 is 9.90 Å². The topological polar surface area (TPSA) is 62.2 Å². The Morgan fingerprint density at radius 3 is 2.65 bits per heavy atom. The van der Waals surface area contributed by atoms with E-state index in [0.717, 1.165) is 18.2 Å². The number of nitrogens with one attached hydrogen (secondary N) is 1. The summed E-state index contributed by atoms with van der Waals surface area (Å²) in [6.45, 7) is 3.95. The molecule has 2 N–H and O–H groups in total. The maximum absolute atomic E-state index is 11.0. The third-order valence-electron chi connectivity index (χ3n) is 4.31. The molecule has 0 radical (unpaired) electrons. The Hall–Kier alpha value is -1.58. The molecular formula is C16H24N2O2. The second-order valence-corrected chi connectivity index (χ2v) is 5.69. The van der Waals surface area contributed by atoms with Gasteiger partial charge in [-0.3, -0.25) is 0 Å². The minimum absolute atomic E-state index is 0.279. The van der Waals surface area contributed by atoms with Gasteiger partial charge < -0.3 is 10.4 Å². The number of carboxylic acids is 1. The minimum atomic E-state index is -0.916.